The van der Waals surface area contributed by atoms with Crippen molar-refractivity contribution in [3.05, 3.63) is 65.4 Å². The number of rotatable bonds is 4. The summed E-state index contributed by atoms with van der Waals surface area (Å²) in [7, 11) is 0. The van der Waals surface area contributed by atoms with Gasteiger partial charge in [-0.25, -0.2) is 9.97 Å². The number of nitrogens with zero attached hydrogens (tertiary/aromatic N) is 3. The highest BCUT2D eigenvalue weighted by Crippen LogP contribution is 2.25. The predicted octanol–water partition coefficient (Wildman–Crippen LogP) is 3.87. The molecule has 0 saturated heterocycles. The summed E-state index contributed by atoms with van der Waals surface area (Å²) in [6, 6.07) is 13.6. The average Bonchev–Trinajstić information content (AvgIpc) is 3.01. The van der Waals surface area contributed by atoms with Gasteiger partial charge in [0.25, 0.3) is 0 Å². The number of hydrogen-bond acceptors (Lipinski definition) is 5. The standard InChI is InChI=1S/C18H15ClN6/c19-14-3-1-2-11(6-14)8-21-18-22-9-13(10-23-18)12-4-5-15-16(7-12)24-25-17(15)20/h1-7,9-10H,8H2,(H3,20,24,25)(H,21,22,23). The molecular weight excluding hydrogens is 336 g/mol. The van der Waals surface area contributed by atoms with Gasteiger partial charge in [-0.2, -0.15) is 5.10 Å². The van der Waals surface area contributed by atoms with E-state index in [1.165, 1.54) is 0 Å². The SMILES string of the molecule is Nc1n[nH]c2cc(-c3cnc(NCc4cccc(Cl)c4)nc3)ccc12. The Hall–Kier alpha value is -3.12. The van der Waals surface area contributed by atoms with E-state index in [4.69, 9.17) is 17.3 Å². The predicted molar refractivity (Wildman–Crippen MR) is 100 cm³/mol. The van der Waals surface area contributed by atoms with E-state index in [1.54, 1.807) is 12.4 Å². The molecule has 4 N–H and O–H groups in total. The molecule has 0 atom stereocenters. The molecule has 0 spiro atoms. The molecule has 0 amide bonds. The minimum Gasteiger partial charge on any atom is -0.382 e. The maximum absolute atomic E-state index is 5.98. The van der Waals surface area contributed by atoms with Crippen LogP contribution in [0.4, 0.5) is 11.8 Å². The third kappa shape index (κ3) is 3.25. The lowest BCUT2D eigenvalue weighted by Gasteiger charge is -2.06. The summed E-state index contributed by atoms with van der Waals surface area (Å²) in [5, 5.41) is 11.7. The normalized spacial score (nSPS) is 10.9. The maximum atomic E-state index is 5.98. The van der Waals surface area contributed by atoms with Gasteiger partial charge in [0.05, 0.1) is 5.52 Å². The van der Waals surface area contributed by atoms with Gasteiger partial charge in [0.1, 0.15) is 0 Å². The Bertz CT molecular complexity index is 1030. The fourth-order valence-electron chi connectivity index (χ4n) is 2.62. The van der Waals surface area contributed by atoms with E-state index in [9.17, 15) is 0 Å². The fraction of sp³-hybridized carbons (Fsp3) is 0.0556. The van der Waals surface area contributed by atoms with E-state index in [2.05, 4.69) is 25.5 Å². The van der Waals surface area contributed by atoms with Crippen LogP contribution in [0.1, 0.15) is 5.56 Å². The lowest BCUT2D eigenvalue weighted by molar-refractivity contribution is 1.06. The molecule has 2 aromatic heterocycles. The van der Waals surface area contributed by atoms with Crippen molar-refractivity contribution in [1.29, 1.82) is 0 Å². The van der Waals surface area contributed by atoms with Gasteiger partial charge in [-0.3, -0.25) is 5.10 Å². The Morgan fingerprint density at radius 2 is 1.88 bits per heavy atom. The average molecular weight is 351 g/mol. The van der Waals surface area contributed by atoms with E-state index in [-0.39, 0.29) is 0 Å². The van der Waals surface area contributed by atoms with Gasteiger partial charge in [0, 0.05) is 34.9 Å². The smallest absolute Gasteiger partial charge is 0.222 e. The van der Waals surface area contributed by atoms with E-state index in [0.29, 0.717) is 23.3 Å². The summed E-state index contributed by atoms with van der Waals surface area (Å²) in [5.74, 6) is 1.06. The van der Waals surface area contributed by atoms with Crippen LogP contribution in [0, 0.1) is 0 Å². The highest BCUT2D eigenvalue weighted by atomic mass is 35.5. The number of aromatic amines is 1. The van der Waals surface area contributed by atoms with Crippen LogP contribution in [0.3, 0.4) is 0 Å². The molecule has 2 heterocycles. The Balaban J connectivity index is 1.50. The summed E-state index contributed by atoms with van der Waals surface area (Å²) in [5.41, 5.74) is 9.67. The van der Waals surface area contributed by atoms with Gasteiger partial charge in [0.2, 0.25) is 5.95 Å². The zero-order chi connectivity index (χ0) is 17.2. The van der Waals surface area contributed by atoms with Crippen molar-refractivity contribution < 1.29 is 0 Å². The van der Waals surface area contributed by atoms with Gasteiger partial charge in [-0.15, -0.1) is 0 Å². The summed E-state index contributed by atoms with van der Waals surface area (Å²) < 4.78 is 0. The van der Waals surface area contributed by atoms with E-state index in [0.717, 1.165) is 27.6 Å². The van der Waals surface area contributed by atoms with Crippen molar-refractivity contribution in [2.75, 3.05) is 11.1 Å². The number of nitrogens with two attached hydrogens (primary N) is 1. The summed E-state index contributed by atoms with van der Waals surface area (Å²) in [6.45, 7) is 0.610. The van der Waals surface area contributed by atoms with Crippen LogP contribution in [0.5, 0.6) is 0 Å². The first kappa shape index (κ1) is 15.4. The number of benzene rings is 2. The summed E-state index contributed by atoms with van der Waals surface area (Å²) in [6.07, 6.45) is 3.57. The van der Waals surface area contributed by atoms with Crippen molar-refractivity contribution in [2.24, 2.45) is 0 Å². The quantitative estimate of drug-likeness (QED) is 0.519. The highest BCUT2D eigenvalue weighted by Gasteiger charge is 2.06. The molecule has 4 rings (SSSR count). The van der Waals surface area contributed by atoms with Gasteiger partial charge < -0.3 is 11.1 Å². The fourth-order valence-corrected chi connectivity index (χ4v) is 2.83. The van der Waals surface area contributed by atoms with Crippen LogP contribution in [0.15, 0.2) is 54.9 Å². The lowest BCUT2D eigenvalue weighted by atomic mass is 10.1. The molecule has 0 aliphatic carbocycles. The molecule has 25 heavy (non-hydrogen) atoms. The van der Waals surface area contributed by atoms with Crippen LogP contribution in [0.2, 0.25) is 5.02 Å². The molecule has 0 saturated carbocycles. The van der Waals surface area contributed by atoms with Gasteiger partial charge in [0.15, 0.2) is 5.82 Å². The third-order valence-corrected chi connectivity index (χ3v) is 4.15. The van der Waals surface area contributed by atoms with Crippen LogP contribution in [-0.4, -0.2) is 20.2 Å². The van der Waals surface area contributed by atoms with Gasteiger partial charge in [-0.05, 0) is 35.4 Å². The number of fused-ring (bicyclic) bond motifs is 1. The molecule has 124 valence electrons. The molecule has 6 nitrogen and oxygen atoms in total. The molecule has 0 aliphatic heterocycles. The van der Waals surface area contributed by atoms with Crippen LogP contribution in [0.25, 0.3) is 22.0 Å². The topological polar surface area (TPSA) is 92.5 Å². The Morgan fingerprint density at radius 1 is 1.04 bits per heavy atom. The van der Waals surface area contributed by atoms with E-state index >= 15 is 0 Å². The van der Waals surface area contributed by atoms with Gasteiger partial charge in [-0.1, -0.05) is 29.8 Å². The third-order valence-electron chi connectivity index (χ3n) is 3.92. The molecule has 0 fully saturated rings. The minimum atomic E-state index is 0.498. The second kappa shape index (κ2) is 6.41. The number of aromatic nitrogens is 4. The first-order valence-electron chi connectivity index (χ1n) is 7.73. The number of anilines is 2. The molecule has 0 radical (unpaired) electrons. The largest absolute Gasteiger partial charge is 0.382 e. The number of H-pyrrole nitrogens is 1. The summed E-state index contributed by atoms with van der Waals surface area (Å²) in [4.78, 5) is 8.74. The van der Waals surface area contributed by atoms with E-state index in [1.807, 2.05) is 42.5 Å². The molecular formula is C18H15ClN6. The molecule has 0 unspecified atom stereocenters. The molecule has 0 bridgehead atoms. The zero-order valence-corrected chi connectivity index (χ0v) is 14.0. The van der Waals surface area contributed by atoms with Crippen LogP contribution in [-0.2, 0) is 6.54 Å². The second-order valence-electron chi connectivity index (χ2n) is 5.65. The first-order valence-corrected chi connectivity index (χ1v) is 8.11. The lowest BCUT2D eigenvalue weighted by Crippen LogP contribution is -2.03. The van der Waals surface area contributed by atoms with Gasteiger partial charge >= 0.3 is 0 Å². The summed E-state index contributed by atoms with van der Waals surface area (Å²) >= 11 is 5.98. The van der Waals surface area contributed by atoms with Crippen molar-refractivity contribution in [3.8, 4) is 11.1 Å². The highest BCUT2D eigenvalue weighted by molar-refractivity contribution is 6.30. The first-order chi connectivity index (χ1) is 12.2. The number of nitrogen functional groups attached to an aromatic ring is 1. The Kier molecular flexibility index (Phi) is 3.95. The molecule has 7 heteroatoms. The van der Waals surface area contributed by atoms with Crippen molar-refractivity contribution in [1.82, 2.24) is 20.2 Å². The maximum Gasteiger partial charge on any atom is 0.222 e. The van der Waals surface area contributed by atoms with Crippen LogP contribution < -0.4 is 11.1 Å². The number of hydrogen-bond donors (Lipinski definition) is 3. The second-order valence-corrected chi connectivity index (χ2v) is 6.08. The Labute approximate surface area is 149 Å². The van der Waals surface area contributed by atoms with Crippen molar-refractivity contribution in [2.45, 2.75) is 6.54 Å². The number of halogens is 1. The Morgan fingerprint density at radius 3 is 2.68 bits per heavy atom. The number of nitrogens with one attached hydrogen (secondary N) is 2. The molecule has 4 aromatic rings. The van der Waals surface area contributed by atoms with E-state index < -0.39 is 0 Å². The zero-order valence-electron chi connectivity index (χ0n) is 13.2. The monoisotopic (exact) mass is 350 g/mol. The van der Waals surface area contributed by atoms with Crippen molar-refractivity contribution in [3.63, 3.8) is 0 Å². The van der Waals surface area contributed by atoms with Crippen LogP contribution >= 0.6 is 11.6 Å². The molecule has 0 aliphatic rings. The van der Waals surface area contributed by atoms with Crippen molar-refractivity contribution >= 4 is 34.3 Å². The molecule has 2 aromatic carbocycles. The minimum absolute atomic E-state index is 0.498.